The first-order valence-corrected chi connectivity index (χ1v) is 4.34. The van der Waals surface area contributed by atoms with Crippen molar-refractivity contribution in [1.82, 2.24) is 0 Å². The van der Waals surface area contributed by atoms with E-state index in [1.807, 2.05) is 18.2 Å². The van der Waals surface area contributed by atoms with Crippen LogP contribution >= 0.6 is 0 Å². The summed E-state index contributed by atoms with van der Waals surface area (Å²) >= 11 is 0. The maximum Gasteiger partial charge on any atom is 0.0543 e. The van der Waals surface area contributed by atoms with E-state index >= 15 is 0 Å². The average Bonchev–Trinajstić information content (AvgIpc) is 2.16. The Bertz CT molecular complexity index is 206. The van der Waals surface area contributed by atoms with Gasteiger partial charge in [0.1, 0.15) is 0 Å². The third-order valence-electron chi connectivity index (χ3n) is 1.94. The molecule has 0 bridgehead atoms. The second kappa shape index (κ2) is 4.94. The largest absolute Gasteiger partial charge is 0.393 e. The molecule has 1 radical (unpaired) electrons. The van der Waals surface area contributed by atoms with Crippen LogP contribution in [0.3, 0.4) is 0 Å². The number of aliphatic hydroxyl groups excluding tert-OH is 1. The molecular formula is C11H15O. The second-order valence-corrected chi connectivity index (χ2v) is 2.97. The SMILES string of the molecule is [CH2]C[C@H](O)CCc1ccccc1. The second-order valence-electron chi connectivity index (χ2n) is 2.97. The smallest absolute Gasteiger partial charge is 0.0543 e. The number of hydrogen-bond donors (Lipinski definition) is 1. The Morgan fingerprint density at radius 1 is 1.25 bits per heavy atom. The summed E-state index contributed by atoms with van der Waals surface area (Å²) in [5.74, 6) is 0. The molecule has 0 fully saturated rings. The van der Waals surface area contributed by atoms with Crippen molar-refractivity contribution >= 4 is 0 Å². The Morgan fingerprint density at radius 2 is 1.92 bits per heavy atom. The molecule has 12 heavy (non-hydrogen) atoms. The topological polar surface area (TPSA) is 20.2 Å². The fourth-order valence-electron chi connectivity index (χ4n) is 1.12. The van der Waals surface area contributed by atoms with Crippen molar-refractivity contribution in [2.45, 2.75) is 25.4 Å². The van der Waals surface area contributed by atoms with E-state index in [1.54, 1.807) is 0 Å². The molecule has 65 valence electrons. The molecule has 0 aromatic heterocycles. The lowest BCUT2D eigenvalue weighted by Gasteiger charge is -2.06. The van der Waals surface area contributed by atoms with E-state index < -0.39 is 0 Å². The summed E-state index contributed by atoms with van der Waals surface area (Å²) in [6.07, 6.45) is 2.11. The van der Waals surface area contributed by atoms with Crippen molar-refractivity contribution < 1.29 is 5.11 Å². The molecule has 0 aliphatic carbocycles. The van der Waals surface area contributed by atoms with Gasteiger partial charge in [-0.25, -0.2) is 0 Å². The highest BCUT2D eigenvalue weighted by molar-refractivity contribution is 5.14. The molecule has 0 spiro atoms. The van der Waals surface area contributed by atoms with Gasteiger partial charge in [0.05, 0.1) is 6.10 Å². The van der Waals surface area contributed by atoms with Crippen LogP contribution in [-0.4, -0.2) is 11.2 Å². The zero-order chi connectivity index (χ0) is 8.81. The van der Waals surface area contributed by atoms with Gasteiger partial charge in [-0.2, -0.15) is 0 Å². The summed E-state index contributed by atoms with van der Waals surface area (Å²) in [7, 11) is 0. The van der Waals surface area contributed by atoms with Crippen LogP contribution in [0.1, 0.15) is 18.4 Å². The summed E-state index contributed by atoms with van der Waals surface area (Å²) in [6, 6.07) is 10.2. The first-order valence-electron chi connectivity index (χ1n) is 4.34. The number of benzene rings is 1. The first kappa shape index (κ1) is 9.27. The van der Waals surface area contributed by atoms with E-state index in [0.29, 0.717) is 6.42 Å². The van der Waals surface area contributed by atoms with E-state index in [4.69, 9.17) is 0 Å². The van der Waals surface area contributed by atoms with Gasteiger partial charge in [-0.05, 0) is 24.8 Å². The van der Waals surface area contributed by atoms with Crippen molar-refractivity contribution in [2.75, 3.05) is 0 Å². The van der Waals surface area contributed by atoms with Crippen LogP contribution in [0.4, 0.5) is 0 Å². The molecule has 0 aliphatic rings. The maximum atomic E-state index is 9.26. The van der Waals surface area contributed by atoms with Crippen LogP contribution in [0.5, 0.6) is 0 Å². The van der Waals surface area contributed by atoms with Gasteiger partial charge in [0, 0.05) is 0 Å². The first-order chi connectivity index (χ1) is 5.83. The Labute approximate surface area is 74.1 Å². The summed E-state index contributed by atoms with van der Waals surface area (Å²) in [5.41, 5.74) is 1.28. The third kappa shape index (κ3) is 3.05. The molecule has 0 saturated heterocycles. The molecule has 0 heterocycles. The van der Waals surface area contributed by atoms with Crippen LogP contribution in [-0.2, 0) is 6.42 Å². The van der Waals surface area contributed by atoms with E-state index in [-0.39, 0.29) is 6.10 Å². The zero-order valence-corrected chi connectivity index (χ0v) is 7.24. The lowest BCUT2D eigenvalue weighted by molar-refractivity contribution is 0.167. The minimum atomic E-state index is -0.245. The quantitative estimate of drug-likeness (QED) is 0.721. The molecule has 1 aromatic carbocycles. The van der Waals surface area contributed by atoms with Gasteiger partial charge in [0.15, 0.2) is 0 Å². The number of aliphatic hydroxyl groups is 1. The van der Waals surface area contributed by atoms with Gasteiger partial charge in [-0.1, -0.05) is 37.3 Å². The Balaban J connectivity index is 2.33. The molecule has 1 heteroatoms. The van der Waals surface area contributed by atoms with Crippen LogP contribution in [0.2, 0.25) is 0 Å². The van der Waals surface area contributed by atoms with Gasteiger partial charge < -0.3 is 5.11 Å². The normalized spacial score (nSPS) is 12.8. The highest BCUT2D eigenvalue weighted by atomic mass is 16.3. The summed E-state index contributed by atoms with van der Waals surface area (Å²) in [5, 5.41) is 9.26. The monoisotopic (exact) mass is 163 g/mol. The molecule has 0 aliphatic heterocycles. The molecule has 0 amide bonds. The van der Waals surface area contributed by atoms with E-state index in [1.165, 1.54) is 5.56 Å². The lowest BCUT2D eigenvalue weighted by Crippen LogP contribution is -2.05. The molecule has 1 rings (SSSR count). The molecule has 0 unspecified atom stereocenters. The number of aryl methyl sites for hydroxylation is 1. The van der Waals surface area contributed by atoms with Crippen molar-refractivity contribution in [3.05, 3.63) is 42.8 Å². The summed E-state index contributed by atoms with van der Waals surface area (Å²) in [6.45, 7) is 3.65. The molecule has 1 aromatic rings. The van der Waals surface area contributed by atoms with Gasteiger partial charge in [0.2, 0.25) is 0 Å². The number of rotatable bonds is 4. The van der Waals surface area contributed by atoms with Crippen LogP contribution in [0.15, 0.2) is 30.3 Å². The van der Waals surface area contributed by atoms with Crippen molar-refractivity contribution in [1.29, 1.82) is 0 Å². The minimum Gasteiger partial charge on any atom is -0.393 e. The highest BCUT2D eigenvalue weighted by Gasteiger charge is 2.00. The highest BCUT2D eigenvalue weighted by Crippen LogP contribution is 2.06. The van der Waals surface area contributed by atoms with E-state index in [2.05, 4.69) is 19.1 Å². The van der Waals surface area contributed by atoms with Gasteiger partial charge in [-0.3, -0.25) is 0 Å². The number of hydrogen-bond acceptors (Lipinski definition) is 1. The molecule has 1 N–H and O–H groups in total. The van der Waals surface area contributed by atoms with Gasteiger partial charge >= 0.3 is 0 Å². The Morgan fingerprint density at radius 3 is 2.50 bits per heavy atom. The predicted octanol–water partition coefficient (Wildman–Crippen LogP) is 2.20. The van der Waals surface area contributed by atoms with Crippen molar-refractivity contribution in [3.8, 4) is 0 Å². The molecular weight excluding hydrogens is 148 g/mol. The summed E-state index contributed by atoms with van der Waals surface area (Å²) < 4.78 is 0. The van der Waals surface area contributed by atoms with E-state index in [9.17, 15) is 5.11 Å². The van der Waals surface area contributed by atoms with Crippen molar-refractivity contribution in [3.63, 3.8) is 0 Å². The molecule has 1 atom stereocenters. The predicted molar refractivity (Wildman–Crippen MR) is 50.7 cm³/mol. The maximum absolute atomic E-state index is 9.26. The zero-order valence-electron chi connectivity index (χ0n) is 7.24. The Kier molecular flexibility index (Phi) is 3.81. The van der Waals surface area contributed by atoms with E-state index in [0.717, 1.165) is 12.8 Å². The average molecular weight is 163 g/mol. The fourth-order valence-corrected chi connectivity index (χ4v) is 1.12. The lowest BCUT2D eigenvalue weighted by atomic mass is 10.1. The van der Waals surface area contributed by atoms with Crippen LogP contribution in [0, 0.1) is 6.92 Å². The van der Waals surface area contributed by atoms with Gasteiger partial charge in [-0.15, -0.1) is 0 Å². The minimum absolute atomic E-state index is 0.245. The third-order valence-corrected chi connectivity index (χ3v) is 1.94. The van der Waals surface area contributed by atoms with Crippen molar-refractivity contribution in [2.24, 2.45) is 0 Å². The van der Waals surface area contributed by atoms with Gasteiger partial charge in [0.25, 0.3) is 0 Å². The molecule has 0 saturated carbocycles. The molecule has 1 nitrogen and oxygen atoms in total. The standard InChI is InChI=1S/C11H15O/c1-2-11(12)9-8-10-6-4-3-5-7-10/h3-7,11-12H,1-2,8-9H2/t11-/m0/s1. The van der Waals surface area contributed by atoms with Crippen LogP contribution in [0.25, 0.3) is 0 Å². The Hall–Kier alpha value is -0.820. The fraction of sp³-hybridized carbons (Fsp3) is 0.364. The van der Waals surface area contributed by atoms with Crippen LogP contribution < -0.4 is 0 Å². The summed E-state index contributed by atoms with van der Waals surface area (Å²) in [4.78, 5) is 0.